The molecule has 0 aliphatic rings. The van der Waals surface area contributed by atoms with E-state index >= 15 is 0 Å². The van der Waals surface area contributed by atoms with Gasteiger partial charge in [-0.25, -0.2) is 0 Å². The van der Waals surface area contributed by atoms with Crippen LogP contribution in [0.25, 0.3) is 81.3 Å². The van der Waals surface area contributed by atoms with Gasteiger partial charge in [0.05, 0.1) is 5.52 Å². The second kappa shape index (κ2) is 7.83. The summed E-state index contributed by atoms with van der Waals surface area (Å²) in [4.78, 5) is 0. The van der Waals surface area contributed by atoms with Crippen LogP contribution in [0.3, 0.4) is 0 Å². The number of thiophene rings is 1. The van der Waals surface area contributed by atoms with Gasteiger partial charge in [0.1, 0.15) is 11.2 Å². The Morgan fingerprint density at radius 2 is 1.33 bits per heavy atom. The minimum atomic E-state index is 0.926. The maximum Gasteiger partial charge on any atom is 0.136 e. The number of fused-ring (bicyclic) bond motifs is 8. The van der Waals surface area contributed by atoms with Crippen LogP contribution in [0, 0.1) is 0 Å². The Morgan fingerprint density at radius 3 is 2.26 bits per heavy atom. The van der Waals surface area contributed by atoms with Crippen LogP contribution in [0.15, 0.2) is 131 Å². The molecule has 0 aliphatic heterocycles. The molecule has 2 nitrogen and oxygen atoms in total. The van der Waals surface area contributed by atoms with Crippen molar-refractivity contribution >= 4 is 75.8 Å². The van der Waals surface area contributed by atoms with Gasteiger partial charge in [-0.15, -0.1) is 11.3 Å². The second-order valence-corrected chi connectivity index (χ2v) is 11.1. The highest BCUT2D eigenvalue weighted by molar-refractivity contribution is 7.17. The Labute approximate surface area is 227 Å². The lowest BCUT2D eigenvalue weighted by molar-refractivity contribution is 0.669. The van der Waals surface area contributed by atoms with E-state index in [2.05, 4.69) is 125 Å². The number of furan rings is 1. The summed E-state index contributed by atoms with van der Waals surface area (Å²) in [5.74, 6) is 0. The van der Waals surface area contributed by atoms with Gasteiger partial charge in [-0.1, -0.05) is 54.6 Å². The number of aromatic nitrogens is 1. The first-order chi connectivity index (χ1) is 19.3. The molecule has 0 atom stereocenters. The van der Waals surface area contributed by atoms with Crippen LogP contribution in [-0.2, 0) is 0 Å². The highest BCUT2D eigenvalue weighted by Gasteiger charge is 2.17. The third kappa shape index (κ3) is 3.02. The van der Waals surface area contributed by atoms with E-state index in [1.165, 1.54) is 53.7 Å². The molecule has 0 spiro atoms. The number of rotatable bonds is 2. The molecule has 0 bridgehead atoms. The van der Waals surface area contributed by atoms with Crippen molar-refractivity contribution in [3.05, 3.63) is 127 Å². The standard InChI is InChI=1S/C36H21NOS/c1-2-8-24(9-3-1)37-15-14-22-16-23-17-28(32-21-39-36-13-7-5-11-26(32)36)29-18-31-25-10-4-6-12-34(25)38-35(31)20-30(29)27(23)19-33(22)37/h1-21H. The normalized spacial score (nSPS) is 12.1. The van der Waals surface area contributed by atoms with E-state index in [1.807, 2.05) is 17.4 Å². The monoisotopic (exact) mass is 515 g/mol. The first-order valence-corrected chi connectivity index (χ1v) is 14.0. The van der Waals surface area contributed by atoms with Gasteiger partial charge in [-0.3, -0.25) is 0 Å². The summed E-state index contributed by atoms with van der Waals surface area (Å²) in [6.45, 7) is 0. The van der Waals surface area contributed by atoms with E-state index < -0.39 is 0 Å². The van der Waals surface area contributed by atoms with Crippen molar-refractivity contribution in [2.75, 3.05) is 0 Å². The molecular formula is C36H21NOS. The summed E-state index contributed by atoms with van der Waals surface area (Å²) in [6.07, 6.45) is 2.17. The minimum absolute atomic E-state index is 0.926. The second-order valence-electron chi connectivity index (χ2n) is 10.2. The van der Waals surface area contributed by atoms with Crippen molar-refractivity contribution in [3.8, 4) is 16.8 Å². The van der Waals surface area contributed by atoms with E-state index in [1.54, 1.807) is 0 Å². The maximum absolute atomic E-state index is 6.37. The Bertz CT molecular complexity index is 2390. The molecule has 0 saturated heterocycles. The molecule has 39 heavy (non-hydrogen) atoms. The lowest BCUT2D eigenvalue weighted by Crippen LogP contribution is -1.91. The lowest BCUT2D eigenvalue weighted by atomic mass is 9.91. The summed E-state index contributed by atoms with van der Waals surface area (Å²) in [5, 5.41) is 12.1. The van der Waals surface area contributed by atoms with Crippen molar-refractivity contribution in [1.82, 2.24) is 4.57 Å². The van der Waals surface area contributed by atoms with Crippen LogP contribution in [0.5, 0.6) is 0 Å². The number of benzene rings is 6. The molecule has 0 saturated carbocycles. The molecule has 0 aliphatic carbocycles. The Hall–Kier alpha value is -4.86. The van der Waals surface area contributed by atoms with Gasteiger partial charge >= 0.3 is 0 Å². The first kappa shape index (κ1) is 21.1. The molecule has 3 heteroatoms. The largest absolute Gasteiger partial charge is 0.456 e. The molecule has 182 valence electrons. The summed E-state index contributed by atoms with van der Waals surface area (Å²) in [5.41, 5.74) is 6.78. The van der Waals surface area contributed by atoms with Crippen LogP contribution in [-0.4, -0.2) is 4.57 Å². The van der Waals surface area contributed by atoms with Crippen LogP contribution >= 0.6 is 11.3 Å². The molecule has 6 aromatic carbocycles. The fourth-order valence-corrected chi connectivity index (χ4v) is 7.19. The van der Waals surface area contributed by atoms with Gasteiger partial charge in [0.25, 0.3) is 0 Å². The predicted molar refractivity (Wildman–Crippen MR) is 166 cm³/mol. The van der Waals surface area contributed by atoms with Gasteiger partial charge in [0.15, 0.2) is 0 Å². The highest BCUT2D eigenvalue weighted by Crippen LogP contribution is 2.44. The van der Waals surface area contributed by atoms with Gasteiger partial charge in [0, 0.05) is 43.7 Å². The lowest BCUT2D eigenvalue weighted by Gasteiger charge is -2.13. The van der Waals surface area contributed by atoms with Gasteiger partial charge in [-0.2, -0.15) is 0 Å². The SMILES string of the molecule is c1ccc(-n2ccc3cc4cc(-c5csc6ccccc56)c5cc6c(cc5c4cc32)oc2ccccc26)cc1. The molecule has 3 aromatic heterocycles. The zero-order valence-corrected chi connectivity index (χ0v) is 21.7. The third-order valence-corrected chi connectivity index (χ3v) is 9.03. The number of para-hydroxylation sites is 2. The fraction of sp³-hybridized carbons (Fsp3) is 0. The minimum Gasteiger partial charge on any atom is -0.456 e. The van der Waals surface area contributed by atoms with Crippen molar-refractivity contribution in [2.45, 2.75) is 0 Å². The zero-order chi connectivity index (χ0) is 25.5. The van der Waals surface area contributed by atoms with Crippen molar-refractivity contribution in [3.63, 3.8) is 0 Å². The predicted octanol–water partition coefficient (Wildman–Crippen LogP) is 10.7. The Morgan fingerprint density at radius 1 is 0.513 bits per heavy atom. The van der Waals surface area contributed by atoms with E-state index in [9.17, 15) is 0 Å². The van der Waals surface area contributed by atoms with Gasteiger partial charge in [-0.05, 0) is 93.2 Å². The van der Waals surface area contributed by atoms with Crippen LogP contribution < -0.4 is 0 Å². The Kier molecular flexibility index (Phi) is 4.24. The van der Waals surface area contributed by atoms with E-state index in [0.717, 1.165) is 27.6 Å². The summed E-state index contributed by atoms with van der Waals surface area (Å²) < 4.78 is 9.96. The summed E-state index contributed by atoms with van der Waals surface area (Å²) in [6, 6.07) is 41.5. The maximum atomic E-state index is 6.37. The molecule has 0 N–H and O–H groups in total. The number of nitrogens with zero attached hydrogens (tertiary/aromatic N) is 1. The average molecular weight is 516 g/mol. The number of hydrogen-bond donors (Lipinski definition) is 0. The summed E-state index contributed by atoms with van der Waals surface area (Å²) >= 11 is 1.81. The molecule has 9 rings (SSSR count). The van der Waals surface area contributed by atoms with E-state index in [0.29, 0.717) is 0 Å². The molecule has 3 heterocycles. The quantitative estimate of drug-likeness (QED) is 0.209. The third-order valence-electron chi connectivity index (χ3n) is 8.06. The van der Waals surface area contributed by atoms with Crippen LogP contribution in [0.1, 0.15) is 0 Å². The number of hydrogen-bond acceptors (Lipinski definition) is 2. The molecule has 0 unspecified atom stereocenters. The molecule has 9 aromatic rings. The molecular weight excluding hydrogens is 494 g/mol. The van der Waals surface area contributed by atoms with E-state index in [4.69, 9.17) is 4.42 Å². The fourth-order valence-electron chi connectivity index (χ4n) is 6.23. The topological polar surface area (TPSA) is 18.1 Å². The van der Waals surface area contributed by atoms with Crippen molar-refractivity contribution < 1.29 is 4.42 Å². The van der Waals surface area contributed by atoms with Crippen molar-refractivity contribution in [1.29, 1.82) is 0 Å². The van der Waals surface area contributed by atoms with Gasteiger partial charge < -0.3 is 8.98 Å². The van der Waals surface area contributed by atoms with Crippen molar-refractivity contribution in [2.24, 2.45) is 0 Å². The first-order valence-electron chi connectivity index (χ1n) is 13.2. The zero-order valence-electron chi connectivity index (χ0n) is 20.9. The van der Waals surface area contributed by atoms with Crippen LogP contribution in [0.4, 0.5) is 0 Å². The van der Waals surface area contributed by atoms with Crippen LogP contribution in [0.2, 0.25) is 0 Å². The smallest absolute Gasteiger partial charge is 0.136 e. The van der Waals surface area contributed by atoms with Gasteiger partial charge in [0.2, 0.25) is 0 Å². The van der Waals surface area contributed by atoms with E-state index in [-0.39, 0.29) is 0 Å². The molecule has 0 radical (unpaired) electrons. The molecule has 0 amide bonds. The average Bonchev–Trinajstić information content (AvgIpc) is 3.70. The molecule has 0 fully saturated rings. The Balaban J connectivity index is 1.45. The summed E-state index contributed by atoms with van der Waals surface area (Å²) in [7, 11) is 0. The highest BCUT2D eigenvalue weighted by atomic mass is 32.1.